The van der Waals surface area contributed by atoms with E-state index in [9.17, 15) is 0 Å². The lowest BCUT2D eigenvalue weighted by Gasteiger charge is -2.06. The molecule has 0 fully saturated rings. The number of hydrogen-bond donors (Lipinski definition) is 3. The second-order valence-corrected chi connectivity index (χ2v) is 4.57. The third-order valence-electron chi connectivity index (χ3n) is 2.71. The predicted molar refractivity (Wildman–Crippen MR) is 75.0 cm³/mol. The Balaban J connectivity index is 2.00. The molecule has 1 heterocycles. The quantitative estimate of drug-likeness (QED) is 0.702. The maximum absolute atomic E-state index is 5.86. The van der Waals surface area contributed by atoms with Gasteiger partial charge in [-0.05, 0) is 30.7 Å². The average molecular weight is 265 g/mol. The first-order valence-corrected chi connectivity index (χ1v) is 6.38. The van der Waals surface area contributed by atoms with Gasteiger partial charge in [-0.3, -0.25) is 5.10 Å². The summed E-state index contributed by atoms with van der Waals surface area (Å²) in [6.07, 6.45) is 3.56. The van der Waals surface area contributed by atoms with Gasteiger partial charge in [0, 0.05) is 18.0 Å². The summed E-state index contributed by atoms with van der Waals surface area (Å²) >= 11 is 5.86. The molecular formula is C13H17ClN4. The number of halogens is 1. The number of benzene rings is 1. The number of anilines is 1. The van der Waals surface area contributed by atoms with Crippen LogP contribution in [0.5, 0.6) is 0 Å². The van der Waals surface area contributed by atoms with Crippen LogP contribution >= 0.6 is 11.6 Å². The highest BCUT2D eigenvalue weighted by Crippen LogP contribution is 2.17. The average Bonchev–Trinajstić information content (AvgIpc) is 2.80. The van der Waals surface area contributed by atoms with Crippen LogP contribution in [0.25, 0.3) is 0 Å². The predicted octanol–water partition coefficient (Wildman–Crippen LogP) is 2.41. The zero-order valence-corrected chi connectivity index (χ0v) is 10.9. The van der Waals surface area contributed by atoms with Crippen molar-refractivity contribution in [2.75, 3.05) is 18.4 Å². The zero-order valence-electron chi connectivity index (χ0n) is 10.1. The smallest absolute Gasteiger partial charge is 0.0759 e. The third kappa shape index (κ3) is 3.48. The van der Waals surface area contributed by atoms with E-state index in [2.05, 4.69) is 15.5 Å². The third-order valence-corrected chi connectivity index (χ3v) is 2.96. The van der Waals surface area contributed by atoms with Gasteiger partial charge in [-0.1, -0.05) is 23.7 Å². The second kappa shape index (κ2) is 6.42. The monoisotopic (exact) mass is 264 g/mol. The number of nitrogens with two attached hydrogens (primary N) is 1. The van der Waals surface area contributed by atoms with Crippen molar-refractivity contribution in [2.45, 2.75) is 12.8 Å². The molecule has 0 aliphatic carbocycles. The second-order valence-electron chi connectivity index (χ2n) is 4.13. The summed E-state index contributed by atoms with van der Waals surface area (Å²) in [6, 6.07) is 7.84. The summed E-state index contributed by atoms with van der Waals surface area (Å²) in [6.45, 7) is 1.56. The molecule has 0 atom stereocenters. The molecule has 0 radical (unpaired) electrons. The lowest BCUT2D eigenvalue weighted by Crippen LogP contribution is -2.09. The summed E-state index contributed by atoms with van der Waals surface area (Å²) in [5, 5.41) is 11.2. The van der Waals surface area contributed by atoms with Gasteiger partial charge in [-0.15, -0.1) is 0 Å². The Labute approximate surface area is 112 Å². The minimum Gasteiger partial charge on any atom is -0.382 e. The molecule has 18 heavy (non-hydrogen) atoms. The topological polar surface area (TPSA) is 66.7 Å². The maximum atomic E-state index is 5.86. The van der Waals surface area contributed by atoms with Crippen molar-refractivity contribution in [1.29, 1.82) is 0 Å². The molecule has 4 N–H and O–H groups in total. The van der Waals surface area contributed by atoms with E-state index in [0.717, 1.165) is 35.8 Å². The zero-order chi connectivity index (χ0) is 12.8. The summed E-state index contributed by atoms with van der Waals surface area (Å²) in [4.78, 5) is 0. The fourth-order valence-electron chi connectivity index (χ4n) is 1.73. The molecule has 0 saturated heterocycles. The molecule has 0 saturated carbocycles. The first-order chi connectivity index (χ1) is 8.79. The molecule has 5 heteroatoms. The molecule has 1 aromatic heterocycles. The highest BCUT2D eigenvalue weighted by Gasteiger charge is 2.05. The van der Waals surface area contributed by atoms with Gasteiger partial charge in [0.2, 0.25) is 0 Å². The van der Waals surface area contributed by atoms with Gasteiger partial charge in [0.25, 0.3) is 0 Å². The van der Waals surface area contributed by atoms with Crippen LogP contribution < -0.4 is 11.1 Å². The van der Waals surface area contributed by atoms with E-state index in [4.69, 9.17) is 17.3 Å². The highest BCUT2D eigenvalue weighted by atomic mass is 35.5. The van der Waals surface area contributed by atoms with Crippen molar-refractivity contribution >= 4 is 17.3 Å². The summed E-state index contributed by atoms with van der Waals surface area (Å²) in [7, 11) is 0. The van der Waals surface area contributed by atoms with Crippen LogP contribution in [0, 0.1) is 0 Å². The van der Waals surface area contributed by atoms with Gasteiger partial charge < -0.3 is 11.1 Å². The Kier molecular flexibility index (Phi) is 4.61. The van der Waals surface area contributed by atoms with Gasteiger partial charge in [-0.2, -0.15) is 5.10 Å². The van der Waals surface area contributed by atoms with Crippen molar-refractivity contribution in [3.8, 4) is 0 Å². The van der Waals surface area contributed by atoms with Crippen molar-refractivity contribution in [1.82, 2.24) is 10.2 Å². The normalized spacial score (nSPS) is 10.6. The van der Waals surface area contributed by atoms with Gasteiger partial charge in [-0.25, -0.2) is 0 Å². The van der Waals surface area contributed by atoms with Crippen molar-refractivity contribution < 1.29 is 0 Å². The lowest BCUT2D eigenvalue weighted by atomic mass is 10.1. The summed E-state index contributed by atoms with van der Waals surface area (Å²) < 4.78 is 0. The Morgan fingerprint density at radius 1 is 1.28 bits per heavy atom. The van der Waals surface area contributed by atoms with Gasteiger partial charge in [0.05, 0.1) is 17.6 Å². The number of nitrogens with zero attached hydrogens (tertiary/aromatic N) is 1. The Morgan fingerprint density at radius 2 is 2.06 bits per heavy atom. The largest absolute Gasteiger partial charge is 0.382 e. The summed E-state index contributed by atoms with van der Waals surface area (Å²) in [5.41, 5.74) is 8.79. The van der Waals surface area contributed by atoms with Crippen LogP contribution in [0.2, 0.25) is 5.02 Å². The molecule has 96 valence electrons. The molecular weight excluding hydrogens is 248 g/mol. The lowest BCUT2D eigenvalue weighted by molar-refractivity contribution is 0.872. The molecule has 2 aromatic rings. The molecule has 0 spiro atoms. The SMILES string of the molecule is NCCCNc1cn[nH]c1Cc1ccc(Cl)cc1. The Morgan fingerprint density at radius 3 is 2.78 bits per heavy atom. The highest BCUT2D eigenvalue weighted by molar-refractivity contribution is 6.30. The van der Waals surface area contributed by atoms with Crippen molar-refractivity contribution in [3.63, 3.8) is 0 Å². The van der Waals surface area contributed by atoms with Crippen LogP contribution in [-0.2, 0) is 6.42 Å². The molecule has 4 nitrogen and oxygen atoms in total. The van der Waals surface area contributed by atoms with Gasteiger partial charge in [0.1, 0.15) is 0 Å². The van der Waals surface area contributed by atoms with Gasteiger partial charge in [0.15, 0.2) is 0 Å². The summed E-state index contributed by atoms with van der Waals surface area (Å²) in [5.74, 6) is 0. The van der Waals surface area contributed by atoms with Crippen molar-refractivity contribution in [2.24, 2.45) is 5.73 Å². The number of hydrogen-bond acceptors (Lipinski definition) is 3. The van der Waals surface area contributed by atoms with Crippen LogP contribution in [-0.4, -0.2) is 23.3 Å². The molecule has 0 bridgehead atoms. The first kappa shape index (κ1) is 12.9. The van der Waals surface area contributed by atoms with Crippen molar-refractivity contribution in [3.05, 3.63) is 46.7 Å². The fourth-order valence-corrected chi connectivity index (χ4v) is 1.86. The Bertz CT molecular complexity index is 478. The minimum atomic E-state index is 0.692. The fraction of sp³-hybridized carbons (Fsp3) is 0.308. The van der Waals surface area contributed by atoms with E-state index >= 15 is 0 Å². The van der Waals surface area contributed by atoms with E-state index < -0.39 is 0 Å². The number of aromatic nitrogens is 2. The maximum Gasteiger partial charge on any atom is 0.0759 e. The number of nitrogens with one attached hydrogen (secondary N) is 2. The van der Waals surface area contributed by atoms with Crippen LogP contribution in [0.15, 0.2) is 30.5 Å². The van der Waals surface area contributed by atoms with Crippen LogP contribution in [0.3, 0.4) is 0 Å². The minimum absolute atomic E-state index is 0.692. The van der Waals surface area contributed by atoms with Crippen LogP contribution in [0.1, 0.15) is 17.7 Å². The Hall–Kier alpha value is -1.52. The van der Waals surface area contributed by atoms with Gasteiger partial charge >= 0.3 is 0 Å². The van der Waals surface area contributed by atoms with E-state index in [-0.39, 0.29) is 0 Å². The van der Waals surface area contributed by atoms with E-state index in [1.54, 1.807) is 0 Å². The first-order valence-electron chi connectivity index (χ1n) is 6.00. The molecule has 1 aromatic carbocycles. The molecule has 2 rings (SSSR count). The van der Waals surface area contributed by atoms with E-state index in [1.165, 1.54) is 5.56 Å². The number of rotatable bonds is 6. The standard InChI is InChI=1S/C13H17ClN4/c14-11-4-2-10(3-5-11)8-12-13(9-17-18-12)16-7-1-6-15/h2-5,9,16H,1,6-8,15H2,(H,17,18). The number of H-pyrrole nitrogens is 1. The molecule has 0 aliphatic rings. The van der Waals surface area contributed by atoms with Crippen LogP contribution in [0.4, 0.5) is 5.69 Å². The molecule has 0 aliphatic heterocycles. The molecule has 0 amide bonds. The van der Waals surface area contributed by atoms with E-state index in [0.29, 0.717) is 6.54 Å². The molecule has 0 unspecified atom stereocenters. The number of aromatic amines is 1. The van der Waals surface area contributed by atoms with E-state index in [1.807, 2.05) is 30.5 Å².